The molecule has 2 aromatic carbocycles. The summed E-state index contributed by atoms with van der Waals surface area (Å²) in [6.45, 7) is -0.210. The Morgan fingerprint density at radius 1 is 1.22 bits per heavy atom. The maximum absolute atomic E-state index is 13.7. The highest BCUT2D eigenvalue weighted by atomic mass is 32.1. The number of carbonyl (C=O) groups is 2. The third-order valence-corrected chi connectivity index (χ3v) is 4.75. The van der Waals surface area contributed by atoms with E-state index in [0.717, 1.165) is 10.2 Å². The van der Waals surface area contributed by atoms with Gasteiger partial charge in [0.05, 0.1) is 28.4 Å². The van der Waals surface area contributed by atoms with Crippen LogP contribution < -0.4 is 4.74 Å². The number of rotatable bonds is 6. The second kappa shape index (κ2) is 8.13. The molecule has 3 rings (SSSR count). The highest BCUT2D eigenvalue weighted by Crippen LogP contribution is 2.20. The van der Waals surface area contributed by atoms with Crippen molar-refractivity contribution in [1.82, 2.24) is 9.88 Å². The minimum absolute atomic E-state index is 0.138. The fourth-order valence-electron chi connectivity index (χ4n) is 2.47. The molecule has 0 radical (unpaired) electrons. The zero-order valence-corrected chi connectivity index (χ0v) is 15.6. The van der Waals surface area contributed by atoms with Gasteiger partial charge in [0.2, 0.25) is 0 Å². The molecule has 0 saturated heterocycles. The first-order valence-corrected chi connectivity index (χ1v) is 8.92. The molecule has 0 N–H and O–H groups in total. The molecule has 0 fully saturated rings. The van der Waals surface area contributed by atoms with Crippen LogP contribution in [0.15, 0.2) is 41.9 Å². The van der Waals surface area contributed by atoms with E-state index in [-0.39, 0.29) is 12.3 Å². The molecule has 0 aliphatic rings. The number of methoxy groups -OCH3 is 1. The summed E-state index contributed by atoms with van der Waals surface area (Å²) < 4.78 is 24.6. The van der Waals surface area contributed by atoms with E-state index < -0.39 is 24.3 Å². The molecule has 8 heteroatoms. The van der Waals surface area contributed by atoms with Gasteiger partial charge < -0.3 is 14.4 Å². The van der Waals surface area contributed by atoms with E-state index in [9.17, 15) is 14.0 Å². The highest BCUT2D eigenvalue weighted by Gasteiger charge is 2.15. The molecular weight excluding hydrogens is 371 g/mol. The van der Waals surface area contributed by atoms with Crippen molar-refractivity contribution in [3.63, 3.8) is 0 Å². The predicted octanol–water partition coefficient (Wildman–Crippen LogP) is 3.26. The largest absolute Gasteiger partial charge is 0.494 e. The lowest BCUT2D eigenvalue weighted by Crippen LogP contribution is -2.30. The van der Waals surface area contributed by atoms with E-state index in [1.807, 2.05) is 0 Å². The molecule has 0 unspecified atom stereocenters. The van der Waals surface area contributed by atoms with Gasteiger partial charge in [-0.05, 0) is 35.9 Å². The molecule has 0 atom stereocenters. The van der Waals surface area contributed by atoms with Gasteiger partial charge in [-0.2, -0.15) is 0 Å². The summed E-state index contributed by atoms with van der Waals surface area (Å²) in [7, 11) is 2.94. The lowest BCUT2D eigenvalue weighted by Gasteiger charge is -2.17. The summed E-state index contributed by atoms with van der Waals surface area (Å²) in [5.41, 5.74) is 3.46. The number of nitrogens with zero attached hydrogens (tertiary/aromatic N) is 2. The van der Waals surface area contributed by atoms with E-state index in [1.54, 1.807) is 36.8 Å². The Hall–Kier alpha value is -3.00. The molecule has 140 valence electrons. The Bertz CT molecular complexity index is 989. The van der Waals surface area contributed by atoms with Crippen LogP contribution in [0.25, 0.3) is 10.2 Å². The molecule has 3 aromatic rings. The monoisotopic (exact) mass is 388 g/mol. The quantitative estimate of drug-likeness (QED) is 0.607. The van der Waals surface area contributed by atoms with Gasteiger partial charge in [-0.1, -0.05) is 6.07 Å². The molecule has 1 heterocycles. The number of benzene rings is 2. The molecule has 27 heavy (non-hydrogen) atoms. The number of aromatic nitrogens is 1. The topological polar surface area (TPSA) is 68.7 Å². The van der Waals surface area contributed by atoms with Gasteiger partial charge in [0.15, 0.2) is 18.2 Å². The standard InChI is InChI=1S/C19H17FN2O4S/c1-22(9-12-3-6-16(25-2)14(20)7-12)18(23)10-26-19(24)13-4-5-15-17(8-13)27-11-21-15/h3-8,11H,9-10H2,1-2H3. The van der Waals surface area contributed by atoms with E-state index in [4.69, 9.17) is 9.47 Å². The number of carbonyl (C=O) groups excluding carboxylic acids is 2. The van der Waals surface area contributed by atoms with Gasteiger partial charge in [-0.3, -0.25) is 4.79 Å². The maximum atomic E-state index is 13.7. The number of esters is 1. The lowest BCUT2D eigenvalue weighted by molar-refractivity contribution is -0.133. The molecule has 0 saturated carbocycles. The number of hydrogen-bond acceptors (Lipinski definition) is 6. The zero-order chi connectivity index (χ0) is 19.4. The molecule has 6 nitrogen and oxygen atoms in total. The first-order chi connectivity index (χ1) is 13.0. The Labute approximate surface area is 159 Å². The first-order valence-electron chi connectivity index (χ1n) is 8.04. The van der Waals surface area contributed by atoms with Gasteiger partial charge in [-0.15, -0.1) is 11.3 Å². The number of fused-ring (bicyclic) bond motifs is 1. The van der Waals surface area contributed by atoms with Crippen LogP contribution in [0.2, 0.25) is 0 Å². The second-order valence-corrected chi connectivity index (χ2v) is 6.72. The van der Waals surface area contributed by atoms with Crippen molar-refractivity contribution in [3.05, 3.63) is 58.9 Å². The van der Waals surface area contributed by atoms with Gasteiger partial charge >= 0.3 is 5.97 Å². The van der Waals surface area contributed by atoms with Crippen LogP contribution in [-0.2, 0) is 16.1 Å². The zero-order valence-electron chi connectivity index (χ0n) is 14.8. The first kappa shape index (κ1) is 18.8. The van der Waals surface area contributed by atoms with E-state index in [2.05, 4.69) is 4.98 Å². The van der Waals surface area contributed by atoms with Crippen LogP contribution in [0.5, 0.6) is 5.75 Å². The van der Waals surface area contributed by atoms with Gasteiger partial charge in [-0.25, -0.2) is 14.2 Å². The van der Waals surface area contributed by atoms with Crippen LogP contribution in [0, 0.1) is 5.82 Å². The third kappa shape index (κ3) is 4.40. The van der Waals surface area contributed by atoms with Crippen molar-refractivity contribution in [1.29, 1.82) is 0 Å². The summed E-state index contributed by atoms with van der Waals surface area (Å²) in [6.07, 6.45) is 0. The number of amides is 1. The number of thiazole rings is 1. The molecule has 0 aliphatic heterocycles. The van der Waals surface area contributed by atoms with Crippen molar-refractivity contribution in [2.75, 3.05) is 20.8 Å². The smallest absolute Gasteiger partial charge is 0.338 e. The molecule has 0 spiro atoms. The van der Waals surface area contributed by atoms with Crippen molar-refractivity contribution >= 4 is 33.4 Å². The third-order valence-electron chi connectivity index (χ3n) is 3.96. The minimum Gasteiger partial charge on any atom is -0.494 e. The van der Waals surface area contributed by atoms with Crippen molar-refractivity contribution in [3.8, 4) is 5.75 Å². The molecule has 0 aliphatic carbocycles. The summed E-state index contributed by atoms with van der Waals surface area (Å²) in [6, 6.07) is 9.50. The Morgan fingerprint density at radius 3 is 2.78 bits per heavy atom. The summed E-state index contributed by atoms with van der Waals surface area (Å²) >= 11 is 1.42. The van der Waals surface area contributed by atoms with Gasteiger partial charge in [0, 0.05) is 13.6 Å². The van der Waals surface area contributed by atoms with Gasteiger partial charge in [0.1, 0.15) is 0 Å². The summed E-state index contributed by atoms with van der Waals surface area (Å²) in [5.74, 6) is -1.33. The highest BCUT2D eigenvalue weighted by molar-refractivity contribution is 7.16. The fraction of sp³-hybridized carbons (Fsp3) is 0.211. The number of hydrogen-bond donors (Lipinski definition) is 0. The normalized spacial score (nSPS) is 10.6. The minimum atomic E-state index is -0.581. The lowest BCUT2D eigenvalue weighted by atomic mass is 10.2. The maximum Gasteiger partial charge on any atom is 0.338 e. The van der Waals surface area contributed by atoms with Crippen molar-refractivity contribution < 1.29 is 23.5 Å². The average molecular weight is 388 g/mol. The van der Waals surface area contributed by atoms with E-state index >= 15 is 0 Å². The summed E-state index contributed by atoms with van der Waals surface area (Å²) in [5, 5.41) is 0. The van der Waals surface area contributed by atoms with Crippen molar-refractivity contribution in [2.45, 2.75) is 6.54 Å². The Morgan fingerprint density at radius 2 is 2.04 bits per heavy atom. The fourth-order valence-corrected chi connectivity index (χ4v) is 3.19. The van der Waals surface area contributed by atoms with Crippen LogP contribution in [0.4, 0.5) is 4.39 Å². The SMILES string of the molecule is COc1ccc(CN(C)C(=O)COC(=O)c2ccc3ncsc3c2)cc1F. The van der Waals surface area contributed by atoms with Crippen LogP contribution >= 0.6 is 11.3 Å². The number of halogens is 1. The molecule has 1 aromatic heterocycles. The van der Waals surface area contributed by atoms with Gasteiger partial charge in [0.25, 0.3) is 5.91 Å². The predicted molar refractivity (Wildman–Crippen MR) is 99.3 cm³/mol. The van der Waals surface area contributed by atoms with E-state index in [0.29, 0.717) is 11.1 Å². The molecule has 1 amide bonds. The molecular formula is C19H17FN2O4S. The van der Waals surface area contributed by atoms with E-state index in [1.165, 1.54) is 35.5 Å². The Balaban J connectivity index is 1.56. The number of ether oxygens (including phenoxy) is 2. The second-order valence-electron chi connectivity index (χ2n) is 5.83. The van der Waals surface area contributed by atoms with Crippen LogP contribution in [-0.4, -0.2) is 42.5 Å². The van der Waals surface area contributed by atoms with Crippen LogP contribution in [0.1, 0.15) is 15.9 Å². The average Bonchev–Trinajstić information content (AvgIpc) is 3.13. The Kier molecular flexibility index (Phi) is 5.66. The van der Waals surface area contributed by atoms with Crippen molar-refractivity contribution in [2.24, 2.45) is 0 Å². The summed E-state index contributed by atoms with van der Waals surface area (Å²) in [4.78, 5) is 29.8. The van der Waals surface area contributed by atoms with Crippen LogP contribution in [0.3, 0.4) is 0 Å². The molecule has 0 bridgehead atoms. The number of likely N-dealkylation sites (N-methyl/N-ethyl adjacent to an activating group) is 1.